The lowest BCUT2D eigenvalue weighted by molar-refractivity contribution is -0.128. The van der Waals surface area contributed by atoms with Gasteiger partial charge in [0.25, 0.3) is 0 Å². The van der Waals surface area contributed by atoms with Gasteiger partial charge in [-0.1, -0.05) is 6.58 Å². The second-order valence-corrected chi connectivity index (χ2v) is 4.24. The van der Waals surface area contributed by atoms with Gasteiger partial charge in [-0.15, -0.1) is 0 Å². The minimum Gasteiger partial charge on any atom is -0.382 e. The molecule has 0 aromatic carbocycles. The molecule has 0 radical (unpaired) electrons. The normalized spacial score (nSPS) is 10.6. The van der Waals surface area contributed by atoms with Crippen LogP contribution in [0.2, 0.25) is 0 Å². The Labute approximate surface area is 115 Å². The number of carbonyl (C=O) groups is 1. The zero-order valence-corrected chi connectivity index (χ0v) is 11.1. The van der Waals surface area contributed by atoms with Crippen molar-refractivity contribution in [3.8, 4) is 0 Å². The predicted octanol–water partition coefficient (Wildman–Crippen LogP) is 0.310. The van der Waals surface area contributed by atoms with Gasteiger partial charge < -0.3 is 15.2 Å². The van der Waals surface area contributed by atoms with E-state index in [1.54, 1.807) is 4.57 Å². The van der Waals surface area contributed by atoms with Gasteiger partial charge >= 0.3 is 0 Å². The summed E-state index contributed by atoms with van der Waals surface area (Å²) in [6, 6.07) is 0. The number of carbonyl (C=O) groups excluding carboxylic acids is 1. The summed E-state index contributed by atoms with van der Waals surface area (Å²) < 4.78 is 1.63. The topological polar surface area (TPSA) is 89.9 Å². The van der Waals surface area contributed by atoms with Gasteiger partial charge in [0.05, 0.1) is 6.33 Å². The van der Waals surface area contributed by atoms with Gasteiger partial charge in [0, 0.05) is 12.3 Å². The molecule has 2 heterocycles. The number of aromatic nitrogens is 4. The van der Waals surface area contributed by atoms with Crippen molar-refractivity contribution in [3.05, 3.63) is 25.4 Å². The summed E-state index contributed by atoms with van der Waals surface area (Å²) in [5, 5.41) is 0. The molecule has 7 nitrogen and oxygen atoms in total. The van der Waals surface area contributed by atoms with E-state index in [0.717, 1.165) is 0 Å². The third-order valence-electron chi connectivity index (χ3n) is 2.62. The average Bonchev–Trinajstić information content (AvgIpc) is 2.80. The minimum atomic E-state index is -0.111. The van der Waals surface area contributed by atoms with Crippen LogP contribution in [0.15, 0.2) is 25.4 Å². The Balaban J connectivity index is 2.24. The summed E-state index contributed by atoms with van der Waals surface area (Å²) in [6.07, 6.45) is 4.36. The molecule has 0 saturated carbocycles. The van der Waals surface area contributed by atoms with Crippen molar-refractivity contribution < 1.29 is 4.79 Å². The number of rotatable bonds is 5. The fourth-order valence-electron chi connectivity index (χ4n) is 1.68. The van der Waals surface area contributed by atoms with Crippen molar-refractivity contribution in [2.24, 2.45) is 0 Å². The van der Waals surface area contributed by atoms with Crippen LogP contribution in [-0.2, 0) is 11.3 Å². The van der Waals surface area contributed by atoms with Gasteiger partial charge in [-0.2, -0.15) is 12.6 Å². The van der Waals surface area contributed by atoms with Crippen LogP contribution in [0.1, 0.15) is 0 Å². The molecule has 19 heavy (non-hydrogen) atoms. The molecular formula is C11H14N6OS. The Morgan fingerprint density at radius 2 is 2.32 bits per heavy atom. The number of hydrogen-bond donors (Lipinski definition) is 2. The molecule has 2 aromatic heterocycles. The van der Waals surface area contributed by atoms with Gasteiger partial charge in [0.1, 0.15) is 18.4 Å². The Kier molecular flexibility index (Phi) is 4.00. The van der Waals surface area contributed by atoms with Crippen LogP contribution in [0.3, 0.4) is 0 Å². The maximum absolute atomic E-state index is 12.1. The molecule has 0 aliphatic carbocycles. The van der Waals surface area contributed by atoms with E-state index in [1.165, 1.54) is 23.8 Å². The monoisotopic (exact) mass is 278 g/mol. The van der Waals surface area contributed by atoms with Crippen LogP contribution in [0.25, 0.3) is 11.2 Å². The molecule has 0 spiro atoms. The van der Waals surface area contributed by atoms with Crippen molar-refractivity contribution in [2.45, 2.75) is 6.54 Å². The number of fused-ring (bicyclic) bond motifs is 1. The summed E-state index contributed by atoms with van der Waals surface area (Å²) in [5.74, 6) is 0.755. The Bertz CT molecular complexity index is 610. The van der Waals surface area contributed by atoms with Crippen molar-refractivity contribution in [2.75, 3.05) is 18.0 Å². The minimum absolute atomic E-state index is 0.111. The average molecular weight is 278 g/mol. The molecule has 0 aliphatic heterocycles. The number of thiol groups is 1. The molecule has 100 valence electrons. The van der Waals surface area contributed by atoms with Gasteiger partial charge in [0.2, 0.25) is 5.91 Å². The molecule has 1 amide bonds. The standard InChI is InChI=1S/C11H14N6OS/c1-2-16(3-4-19)8(18)5-17-7-15-9-10(12)13-6-14-11(9)17/h2,6-7,19H,1,3-5H2,(H2,12,13,14). The second kappa shape index (κ2) is 5.70. The van der Waals surface area contributed by atoms with Gasteiger partial charge in [0.15, 0.2) is 11.5 Å². The quantitative estimate of drug-likeness (QED) is 0.768. The van der Waals surface area contributed by atoms with Crippen molar-refractivity contribution in [1.29, 1.82) is 0 Å². The number of anilines is 1. The SMILES string of the molecule is C=CN(CCS)C(=O)Cn1cnc2c(N)ncnc21. The number of nitrogens with two attached hydrogens (primary N) is 1. The van der Waals surface area contributed by atoms with Crippen molar-refractivity contribution in [3.63, 3.8) is 0 Å². The lowest BCUT2D eigenvalue weighted by Crippen LogP contribution is -2.30. The number of nitrogen functional groups attached to an aromatic ring is 1. The van der Waals surface area contributed by atoms with Crippen molar-refractivity contribution >= 4 is 35.5 Å². The zero-order valence-electron chi connectivity index (χ0n) is 10.2. The molecule has 0 aliphatic rings. The Morgan fingerprint density at radius 1 is 1.53 bits per heavy atom. The van der Waals surface area contributed by atoms with E-state index >= 15 is 0 Å². The van der Waals surface area contributed by atoms with Gasteiger partial charge in [-0.05, 0) is 6.20 Å². The smallest absolute Gasteiger partial charge is 0.246 e. The summed E-state index contributed by atoms with van der Waals surface area (Å²) in [5.41, 5.74) is 6.72. The fraction of sp³-hybridized carbons (Fsp3) is 0.273. The summed E-state index contributed by atoms with van der Waals surface area (Å²) in [6.45, 7) is 4.23. The number of imidazole rings is 1. The first-order chi connectivity index (χ1) is 9.17. The number of amides is 1. The molecule has 2 rings (SSSR count). The molecule has 2 aromatic rings. The van der Waals surface area contributed by atoms with Crippen LogP contribution in [0.5, 0.6) is 0 Å². The highest BCUT2D eigenvalue weighted by Gasteiger charge is 2.14. The van der Waals surface area contributed by atoms with Crippen molar-refractivity contribution in [1.82, 2.24) is 24.4 Å². The highest BCUT2D eigenvalue weighted by atomic mass is 32.1. The van der Waals surface area contributed by atoms with Gasteiger partial charge in [-0.3, -0.25) is 4.79 Å². The number of hydrogen-bond acceptors (Lipinski definition) is 6. The molecule has 8 heteroatoms. The summed E-state index contributed by atoms with van der Waals surface area (Å²) in [4.78, 5) is 25.6. The maximum atomic E-state index is 12.1. The zero-order chi connectivity index (χ0) is 13.8. The van der Waals surface area contributed by atoms with E-state index in [-0.39, 0.29) is 12.5 Å². The third kappa shape index (κ3) is 2.68. The largest absolute Gasteiger partial charge is 0.382 e. The summed E-state index contributed by atoms with van der Waals surface area (Å²) in [7, 11) is 0. The first-order valence-electron chi connectivity index (χ1n) is 5.61. The van der Waals surface area contributed by atoms with Crippen LogP contribution in [0, 0.1) is 0 Å². The lowest BCUT2D eigenvalue weighted by Gasteiger charge is -2.16. The highest BCUT2D eigenvalue weighted by Crippen LogP contribution is 2.14. The molecular weight excluding hydrogens is 264 g/mol. The molecule has 0 saturated heterocycles. The van der Waals surface area contributed by atoms with E-state index in [9.17, 15) is 4.79 Å². The summed E-state index contributed by atoms with van der Waals surface area (Å²) >= 11 is 4.10. The highest BCUT2D eigenvalue weighted by molar-refractivity contribution is 7.80. The Morgan fingerprint density at radius 3 is 3.00 bits per heavy atom. The fourth-order valence-corrected chi connectivity index (χ4v) is 1.89. The first kappa shape index (κ1) is 13.3. The molecule has 2 N–H and O–H groups in total. The van der Waals surface area contributed by atoms with E-state index in [1.807, 2.05) is 0 Å². The molecule has 0 atom stereocenters. The van der Waals surface area contributed by atoms with Crippen LogP contribution in [-0.4, -0.2) is 42.6 Å². The maximum Gasteiger partial charge on any atom is 0.246 e. The van der Waals surface area contributed by atoms with Crippen LogP contribution in [0.4, 0.5) is 5.82 Å². The first-order valence-corrected chi connectivity index (χ1v) is 6.24. The molecule has 0 bridgehead atoms. The Hall–Kier alpha value is -2.09. The predicted molar refractivity (Wildman–Crippen MR) is 75.5 cm³/mol. The van der Waals surface area contributed by atoms with Gasteiger partial charge in [-0.25, -0.2) is 15.0 Å². The van der Waals surface area contributed by atoms with E-state index < -0.39 is 0 Å². The van der Waals surface area contributed by atoms with E-state index in [2.05, 4.69) is 34.2 Å². The van der Waals surface area contributed by atoms with E-state index in [4.69, 9.17) is 5.73 Å². The molecule has 0 unspecified atom stereocenters. The van der Waals surface area contributed by atoms with E-state index in [0.29, 0.717) is 29.3 Å². The van der Waals surface area contributed by atoms with Crippen LogP contribution >= 0.6 is 12.6 Å². The molecule has 0 fully saturated rings. The lowest BCUT2D eigenvalue weighted by atomic mass is 10.4. The number of nitrogens with zero attached hydrogens (tertiary/aromatic N) is 5. The third-order valence-corrected chi connectivity index (χ3v) is 2.82. The second-order valence-electron chi connectivity index (χ2n) is 3.80. The van der Waals surface area contributed by atoms with Crippen LogP contribution < -0.4 is 5.73 Å².